The van der Waals surface area contributed by atoms with Crippen LogP contribution in [-0.2, 0) is 4.79 Å². The van der Waals surface area contributed by atoms with Gasteiger partial charge in [-0.1, -0.05) is 35.5 Å². The molecule has 5 nitrogen and oxygen atoms in total. The van der Waals surface area contributed by atoms with Crippen molar-refractivity contribution < 1.29 is 10.0 Å². The van der Waals surface area contributed by atoms with Gasteiger partial charge < -0.3 is 9.77 Å². The number of aromatic nitrogens is 2. The number of allylic oxidation sites excluding steroid dienone is 2. The summed E-state index contributed by atoms with van der Waals surface area (Å²) >= 11 is 0. The standard InChI is InChI=1S/C21H23N3O2/c1-14-19-12-22-13-24(19)18(21(14)16-5-3-2-4-6-16)11-20(25)15-7-9-17(23-26)10-8-15/h2-6,12-13,15,18,26H,7-11H2,1H3. The van der Waals surface area contributed by atoms with E-state index >= 15 is 0 Å². The van der Waals surface area contributed by atoms with E-state index in [-0.39, 0.29) is 12.0 Å². The van der Waals surface area contributed by atoms with Crippen molar-refractivity contribution in [2.75, 3.05) is 0 Å². The van der Waals surface area contributed by atoms with Crippen LogP contribution in [0.25, 0.3) is 11.1 Å². The first-order chi connectivity index (χ1) is 12.7. The van der Waals surface area contributed by atoms with Gasteiger partial charge >= 0.3 is 0 Å². The second-order valence-electron chi connectivity index (χ2n) is 7.22. The van der Waals surface area contributed by atoms with Crippen molar-refractivity contribution in [1.29, 1.82) is 0 Å². The van der Waals surface area contributed by atoms with Crippen molar-refractivity contribution >= 4 is 22.6 Å². The Morgan fingerprint density at radius 2 is 2.00 bits per heavy atom. The van der Waals surface area contributed by atoms with Gasteiger partial charge in [0.2, 0.25) is 0 Å². The van der Waals surface area contributed by atoms with E-state index in [1.54, 1.807) is 0 Å². The Bertz CT molecular complexity index is 870. The summed E-state index contributed by atoms with van der Waals surface area (Å²) in [7, 11) is 0. The molecule has 0 spiro atoms. The van der Waals surface area contributed by atoms with Crippen molar-refractivity contribution in [2.45, 2.75) is 45.1 Å². The number of nitrogens with zero attached hydrogens (tertiary/aromatic N) is 3. The zero-order valence-corrected chi connectivity index (χ0v) is 14.9. The van der Waals surface area contributed by atoms with E-state index in [0.29, 0.717) is 25.0 Å². The third-order valence-electron chi connectivity index (χ3n) is 5.76. The molecule has 1 fully saturated rings. The lowest BCUT2D eigenvalue weighted by Crippen LogP contribution is -2.24. The number of carbonyl (C=O) groups excluding carboxylic acids is 1. The number of hydrogen-bond acceptors (Lipinski definition) is 4. The summed E-state index contributed by atoms with van der Waals surface area (Å²) in [5, 5.41) is 12.2. The Morgan fingerprint density at radius 1 is 1.27 bits per heavy atom. The molecule has 1 saturated carbocycles. The molecule has 1 aliphatic heterocycles. The fraction of sp³-hybridized carbons (Fsp3) is 0.381. The van der Waals surface area contributed by atoms with Crippen LogP contribution in [0.15, 0.2) is 48.0 Å². The molecule has 2 aromatic rings. The van der Waals surface area contributed by atoms with Gasteiger partial charge in [0, 0.05) is 12.3 Å². The van der Waals surface area contributed by atoms with Gasteiger partial charge in [-0.25, -0.2) is 4.98 Å². The van der Waals surface area contributed by atoms with Crippen LogP contribution in [0.1, 0.15) is 56.3 Å². The third kappa shape index (κ3) is 2.87. The van der Waals surface area contributed by atoms with Crippen molar-refractivity contribution in [1.82, 2.24) is 9.55 Å². The van der Waals surface area contributed by atoms with Crippen LogP contribution >= 0.6 is 0 Å². The predicted octanol–water partition coefficient (Wildman–Crippen LogP) is 4.35. The van der Waals surface area contributed by atoms with Gasteiger partial charge in [-0.2, -0.15) is 0 Å². The van der Waals surface area contributed by atoms with Gasteiger partial charge in [0.1, 0.15) is 5.78 Å². The Morgan fingerprint density at radius 3 is 2.69 bits per heavy atom. The largest absolute Gasteiger partial charge is 0.411 e. The maximum Gasteiger partial charge on any atom is 0.138 e. The van der Waals surface area contributed by atoms with Gasteiger partial charge in [0.25, 0.3) is 0 Å². The average Bonchev–Trinajstić information content (AvgIpc) is 3.26. The van der Waals surface area contributed by atoms with Crippen molar-refractivity contribution in [3.63, 3.8) is 0 Å². The minimum atomic E-state index is 0.00954. The summed E-state index contributed by atoms with van der Waals surface area (Å²) in [6.45, 7) is 2.12. The lowest BCUT2D eigenvalue weighted by atomic mass is 9.82. The van der Waals surface area contributed by atoms with Crippen LogP contribution in [-0.4, -0.2) is 26.3 Å². The zero-order chi connectivity index (χ0) is 18.1. The molecular formula is C21H23N3O2. The molecular weight excluding hydrogens is 326 g/mol. The van der Waals surface area contributed by atoms with Crippen LogP contribution in [0.5, 0.6) is 0 Å². The molecule has 1 aliphatic carbocycles. The van der Waals surface area contributed by atoms with Crippen LogP contribution in [0.4, 0.5) is 0 Å². The molecule has 2 heterocycles. The van der Waals surface area contributed by atoms with E-state index in [1.165, 1.54) is 16.7 Å². The van der Waals surface area contributed by atoms with E-state index in [1.807, 2.05) is 30.7 Å². The van der Waals surface area contributed by atoms with Crippen LogP contribution in [0.3, 0.4) is 0 Å². The van der Waals surface area contributed by atoms with Crippen molar-refractivity contribution in [3.05, 3.63) is 54.1 Å². The molecule has 1 aromatic carbocycles. The molecule has 1 aromatic heterocycles. The SMILES string of the molecule is CC1=C(c2ccccc2)C(CC(=O)C2CCC(=NO)CC2)n2cncc21. The number of Topliss-reactive ketones (excluding diaryl/α,β-unsaturated/α-hetero) is 1. The average molecular weight is 349 g/mol. The quantitative estimate of drug-likeness (QED) is 0.659. The highest BCUT2D eigenvalue weighted by Gasteiger charge is 2.34. The first kappa shape index (κ1) is 16.8. The minimum Gasteiger partial charge on any atom is -0.411 e. The zero-order valence-electron chi connectivity index (χ0n) is 14.9. The smallest absolute Gasteiger partial charge is 0.138 e. The van der Waals surface area contributed by atoms with Crippen molar-refractivity contribution in [3.8, 4) is 0 Å². The van der Waals surface area contributed by atoms with Crippen LogP contribution < -0.4 is 0 Å². The van der Waals surface area contributed by atoms with E-state index in [2.05, 4.69) is 33.8 Å². The summed E-state index contributed by atoms with van der Waals surface area (Å²) in [5.41, 5.74) is 5.51. The highest BCUT2D eigenvalue weighted by Crippen LogP contribution is 2.44. The molecule has 4 rings (SSSR count). The molecule has 0 amide bonds. The molecule has 5 heteroatoms. The summed E-state index contributed by atoms with van der Waals surface area (Å²) in [5.74, 6) is 0.361. The number of rotatable bonds is 4. The third-order valence-corrected chi connectivity index (χ3v) is 5.76. The monoisotopic (exact) mass is 349 g/mol. The molecule has 0 saturated heterocycles. The lowest BCUT2D eigenvalue weighted by Gasteiger charge is -2.24. The summed E-state index contributed by atoms with van der Waals surface area (Å²) in [6.07, 6.45) is 7.21. The summed E-state index contributed by atoms with van der Waals surface area (Å²) in [6, 6.07) is 10.3. The Kier molecular flexibility index (Phi) is 4.45. The number of ketones is 1. The normalized spacial score (nSPS) is 22.4. The second kappa shape index (κ2) is 6.90. The summed E-state index contributed by atoms with van der Waals surface area (Å²) in [4.78, 5) is 17.3. The molecule has 2 aliphatic rings. The Balaban J connectivity index is 1.59. The molecule has 0 radical (unpaired) electrons. The van der Waals surface area contributed by atoms with Gasteiger partial charge in [0.15, 0.2) is 0 Å². The second-order valence-corrected chi connectivity index (χ2v) is 7.22. The number of imidazole rings is 1. The van der Waals surface area contributed by atoms with E-state index in [9.17, 15) is 4.79 Å². The fourth-order valence-corrected chi connectivity index (χ4v) is 4.33. The number of hydrogen-bond donors (Lipinski definition) is 1. The van der Waals surface area contributed by atoms with Gasteiger partial charge in [-0.05, 0) is 49.3 Å². The topological polar surface area (TPSA) is 67.5 Å². The maximum atomic E-state index is 13.0. The fourth-order valence-electron chi connectivity index (χ4n) is 4.33. The molecule has 1 atom stereocenters. The lowest BCUT2D eigenvalue weighted by molar-refractivity contribution is -0.123. The highest BCUT2D eigenvalue weighted by molar-refractivity contribution is 5.96. The molecule has 1 unspecified atom stereocenters. The highest BCUT2D eigenvalue weighted by atomic mass is 16.4. The van der Waals surface area contributed by atoms with Gasteiger partial charge in [0.05, 0.1) is 30.0 Å². The minimum absolute atomic E-state index is 0.00954. The molecule has 0 bridgehead atoms. The number of oxime groups is 1. The molecule has 134 valence electrons. The maximum absolute atomic E-state index is 13.0. The molecule has 26 heavy (non-hydrogen) atoms. The predicted molar refractivity (Wildman–Crippen MR) is 101 cm³/mol. The van der Waals surface area contributed by atoms with E-state index < -0.39 is 0 Å². The first-order valence-electron chi connectivity index (χ1n) is 9.20. The van der Waals surface area contributed by atoms with Crippen LogP contribution in [0, 0.1) is 5.92 Å². The van der Waals surface area contributed by atoms with Gasteiger partial charge in [-0.3, -0.25) is 4.79 Å². The summed E-state index contributed by atoms with van der Waals surface area (Å²) < 4.78 is 2.14. The number of benzene rings is 1. The van der Waals surface area contributed by atoms with Gasteiger partial charge in [-0.15, -0.1) is 0 Å². The van der Waals surface area contributed by atoms with E-state index in [4.69, 9.17) is 5.21 Å². The Labute approximate surface area is 153 Å². The van der Waals surface area contributed by atoms with E-state index in [0.717, 1.165) is 24.2 Å². The van der Waals surface area contributed by atoms with Crippen molar-refractivity contribution in [2.24, 2.45) is 11.1 Å². The number of fused-ring (bicyclic) bond motifs is 1. The Hall–Kier alpha value is -2.69. The number of carbonyl (C=O) groups is 1. The first-order valence-corrected chi connectivity index (χ1v) is 9.20. The van der Waals surface area contributed by atoms with Crippen LogP contribution in [0.2, 0.25) is 0 Å². The molecule has 1 N–H and O–H groups in total.